The van der Waals surface area contributed by atoms with Gasteiger partial charge in [0.2, 0.25) is 15.9 Å². The molecule has 2 aromatic rings. The quantitative estimate of drug-likeness (QED) is 0.460. The number of sulfonamides is 1. The molecule has 0 aliphatic heterocycles. The van der Waals surface area contributed by atoms with Crippen LogP contribution in [0.1, 0.15) is 37.0 Å². The van der Waals surface area contributed by atoms with E-state index in [1.54, 1.807) is 18.2 Å². The number of anilines is 1. The molecule has 1 heterocycles. The van der Waals surface area contributed by atoms with E-state index in [1.165, 1.54) is 36.0 Å². The van der Waals surface area contributed by atoms with Crippen LogP contribution in [0.25, 0.3) is 6.08 Å². The first kappa shape index (κ1) is 21.6. The first-order valence-electron chi connectivity index (χ1n) is 9.38. The lowest BCUT2D eigenvalue weighted by atomic mass is 9.96. The Kier molecular flexibility index (Phi) is 7.54. The molecule has 1 aromatic carbocycles. The van der Waals surface area contributed by atoms with Crippen LogP contribution in [0.2, 0.25) is 0 Å². The van der Waals surface area contributed by atoms with Gasteiger partial charge in [0.1, 0.15) is 0 Å². The summed E-state index contributed by atoms with van der Waals surface area (Å²) in [4.78, 5) is 13.1. The third-order valence-corrected chi connectivity index (χ3v) is 7.11. The van der Waals surface area contributed by atoms with Gasteiger partial charge in [0.25, 0.3) is 0 Å². The summed E-state index contributed by atoms with van der Waals surface area (Å²) in [5, 5.41) is 7.51. The number of rotatable bonds is 6. The molecule has 0 unspecified atom stereocenters. The van der Waals surface area contributed by atoms with Crippen LogP contribution in [0.4, 0.5) is 5.69 Å². The molecular weight excluding hydrogens is 426 g/mol. The molecule has 0 spiro atoms. The maximum atomic E-state index is 12.5. The van der Waals surface area contributed by atoms with E-state index in [1.807, 2.05) is 17.5 Å². The molecule has 0 saturated heterocycles. The predicted molar refractivity (Wildman–Crippen MR) is 121 cm³/mol. The number of benzene rings is 1. The minimum atomic E-state index is -3.54. The van der Waals surface area contributed by atoms with E-state index in [2.05, 4.69) is 15.4 Å². The molecule has 3 rings (SSSR count). The van der Waals surface area contributed by atoms with E-state index in [0.717, 1.165) is 30.6 Å². The van der Waals surface area contributed by atoms with Crippen LogP contribution >= 0.6 is 23.6 Å². The largest absolute Gasteiger partial charge is 0.332 e. The van der Waals surface area contributed by atoms with Gasteiger partial charge in [0.05, 0.1) is 4.90 Å². The second-order valence-corrected chi connectivity index (χ2v) is 9.87. The van der Waals surface area contributed by atoms with Crippen LogP contribution in [0.5, 0.6) is 0 Å². The molecule has 6 nitrogen and oxygen atoms in total. The Morgan fingerprint density at radius 3 is 2.48 bits per heavy atom. The van der Waals surface area contributed by atoms with Crippen LogP contribution in [0, 0.1) is 0 Å². The standard InChI is InChI=1S/C20H23N3O3S3/c24-19(13-10-17-7-4-14-28-17)22-20(27)21-15-8-11-18(12-9-15)29(25,26)23-16-5-2-1-3-6-16/h4,7-14,16,23H,1-3,5-6H2,(H2,21,22,24,27)/b13-10+. The number of thiocarbonyl (C=S) groups is 1. The second kappa shape index (κ2) is 10.1. The van der Waals surface area contributed by atoms with Crippen molar-refractivity contribution in [2.75, 3.05) is 5.32 Å². The second-order valence-electron chi connectivity index (χ2n) is 6.77. The van der Waals surface area contributed by atoms with E-state index >= 15 is 0 Å². The first-order valence-corrected chi connectivity index (χ1v) is 12.2. The van der Waals surface area contributed by atoms with Crippen molar-refractivity contribution in [2.24, 2.45) is 0 Å². The van der Waals surface area contributed by atoms with Gasteiger partial charge in [-0.2, -0.15) is 0 Å². The Labute approximate surface area is 180 Å². The molecule has 29 heavy (non-hydrogen) atoms. The third-order valence-electron chi connectivity index (χ3n) is 4.53. The number of carbonyl (C=O) groups is 1. The predicted octanol–water partition coefficient (Wildman–Crippen LogP) is 3.89. The lowest BCUT2D eigenvalue weighted by Crippen LogP contribution is -2.36. The normalized spacial score (nSPS) is 15.3. The van der Waals surface area contributed by atoms with Gasteiger partial charge in [-0.1, -0.05) is 25.3 Å². The van der Waals surface area contributed by atoms with Crippen molar-refractivity contribution in [2.45, 2.75) is 43.0 Å². The van der Waals surface area contributed by atoms with Crippen LogP contribution in [0.3, 0.4) is 0 Å². The van der Waals surface area contributed by atoms with E-state index < -0.39 is 10.0 Å². The minimum absolute atomic E-state index is 0.0107. The molecule has 1 aliphatic carbocycles. The fraction of sp³-hybridized carbons (Fsp3) is 0.300. The maximum absolute atomic E-state index is 12.5. The van der Waals surface area contributed by atoms with Crippen LogP contribution in [-0.2, 0) is 14.8 Å². The highest BCUT2D eigenvalue weighted by Crippen LogP contribution is 2.20. The van der Waals surface area contributed by atoms with Gasteiger partial charge in [0, 0.05) is 22.7 Å². The molecule has 0 radical (unpaired) electrons. The molecule has 9 heteroatoms. The molecule has 0 atom stereocenters. The van der Waals surface area contributed by atoms with E-state index in [4.69, 9.17) is 12.2 Å². The Balaban J connectivity index is 1.52. The molecule has 1 aliphatic rings. The zero-order valence-electron chi connectivity index (χ0n) is 15.8. The number of hydrogen-bond donors (Lipinski definition) is 3. The van der Waals surface area contributed by atoms with Gasteiger partial charge in [-0.05, 0) is 66.8 Å². The van der Waals surface area contributed by atoms with Crippen LogP contribution in [0.15, 0.2) is 52.7 Å². The van der Waals surface area contributed by atoms with Crippen molar-refractivity contribution in [3.05, 3.63) is 52.7 Å². The lowest BCUT2D eigenvalue weighted by Gasteiger charge is -2.22. The Morgan fingerprint density at radius 1 is 1.10 bits per heavy atom. The molecule has 1 amide bonds. The zero-order valence-corrected chi connectivity index (χ0v) is 18.2. The number of carbonyl (C=O) groups excluding carboxylic acids is 1. The van der Waals surface area contributed by atoms with Gasteiger partial charge >= 0.3 is 0 Å². The summed E-state index contributed by atoms with van der Waals surface area (Å²) in [5.41, 5.74) is 0.592. The van der Waals surface area contributed by atoms with E-state index in [-0.39, 0.29) is 22.0 Å². The van der Waals surface area contributed by atoms with Crippen LogP contribution in [-0.4, -0.2) is 25.5 Å². The number of hydrogen-bond acceptors (Lipinski definition) is 5. The average Bonchev–Trinajstić information content (AvgIpc) is 3.21. The van der Waals surface area contributed by atoms with Gasteiger partial charge in [-0.15, -0.1) is 11.3 Å². The van der Waals surface area contributed by atoms with Crippen molar-refractivity contribution in [1.82, 2.24) is 10.0 Å². The van der Waals surface area contributed by atoms with Crippen molar-refractivity contribution < 1.29 is 13.2 Å². The SMILES string of the molecule is O=C(/C=C/c1cccs1)NC(=S)Nc1ccc(S(=O)(=O)NC2CCCCC2)cc1. The summed E-state index contributed by atoms with van der Waals surface area (Å²) in [7, 11) is -3.54. The molecular formula is C20H23N3O3S3. The Bertz CT molecular complexity index is 962. The fourth-order valence-corrected chi connectivity index (χ4v) is 5.23. The third kappa shape index (κ3) is 6.74. The van der Waals surface area contributed by atoms with Crippen molar-refractivity contribution in [1.29, 1.82) is 0 Å². The summed E-state index contributed by atoms with van der Waals surface area (Å²) in [5.74, 6) is -0.341. The lowest BCUT2D eigenvalue weighted by molar-refractivity contribution is -0.115. The molecule has 154 valence electrons. The molecule has 0 bridgehead atoms. The fourth-order valence-electron chi connectivity index (χ4n) is 3.09. The highest BCUT2D eigenvalue weighted by molar-refractivity contribution is 7.89. The van der Waals surface area contributed by atoms with Crippen molar-refractivity contribution in [3.8, 4) is 0 Å². The minimum Gasteiger partial charge on any atom is -0.332 e. The number of nitrogens with one attached hydrogen (secondary N) is 3. The average molecular weight is 450 g/mol. The summed E-state index contributed by atoms with van der Waals surface area (Å²) >= 11 is 6.67. The summed E-state index contributed by atoms with van der Waals surface area (Å²) < 4.78 is 27.8. The highest BCUT2D eigenvalue weighted by atomic mass is 32.2. The summed E-state index contributed by atoms with van der Waals surface area (Å²) in [6.07, 6.45) is 8.16. The highest BCUT2D eigenvalue weighted by Gasteiger charge is 2.21. The molecule has 1 fully saturated rings. The van der Waals surface area contributed by atoms with Crippen LogP contribution < -0.4 is 15.4 Å². The summed E-state index contributed by atoms with van der Waals surface area (Å²) in [6, 6.07) is 10.1. The molecule has 3 N–H and O–H groups in total. The smallest absolute Gasteiger partial charge is 0.250 e. The Morgan fingerprint density at radius 2 is 1.83 bits per heavy atom. The zero-order chi connectivity index (χ0) is 20.7. The van der Waals surface area contributed by atoms with Crippen molar-refractivity contribution >= 4 is 56.4 Å². The number of thiophene rings is 1. The van der Waals surface area contributed by atoms with E-state index in [9.17, 15) is 13.2 Å². The first-order chi connectivity index (χ1) is 13.9. The van der Waals surface area contributed by atoms with Gasteiger partial charge in [-0.3, -0.25) is 10.1 Å². The monoisotopic (exact) mass is 449 g/mol. The van der Waals surface area contributed by atoms with Gasteiger partial charge in [0.15, 0.2) is 5.11 Å². The molecule has 1 aromatic heterocycles. The number of amides is 1. The van der Waals surface area contributed by atoms with Crippen molar-refractivity contribution in [3.63, 3.8) is 0 Å². The Hall–Kier alpha value is -2.07. The van der Waals surface area contributed by atoms with E-state index in [0.29, 0.717) is 5.69 Å². The maximum Gasteiger partial charge on any atom is 0.250 e. The topological polar surface area (TPSA) is 87.3 Å². The van der Waals surface area contributed by atoms with Gasteiger partial charge < -0.3 is 5.32 Å². The summed E-state index contributed by atoms with van der Waals surface area (Å²) in [6.45, 7) is 0. The van der Waals surface area contributed by atoms with Gasteiger partial charge in [-0.25, -0.2) is 13.1 Å². The molecule has 1 saturated carbocycles.